The van der Waals surface area contributed by atoms with Crippen molar-refractivity contribution in [2.24, 2.45) is 0 Å². The Hall–Kier alpha value is -1.74. The average molecular weight is 313 g/mol. The number of amides is 1. The van der Waals surface area contributed by atoms with E-state index in [1.54, 1.807) is 11.8 Å². The fraction of sp³-hybridized carbons (Fsp3) is 0.316. The van der Waals surface area contributed by atoms with Crippen LogP contribution in [0.5, 0.6) is 0 Å². The molecule has 0 unspecified atom stereocenters. The van der Waals surface area contributed by atoms with Gasteiger partial charge in [-0.15, -0.1) is 11.8 Å². The molecule has 0 radical (unpaired) electrons. The summed E-state index contributed by atoms with van der Waals surface area (Å²) in [5.41, 5.74) is 3.98. The Morgan fingerprint density at radius 1 is 1.09 bits per heavy atom. The lowest BCUT2D eigenvalue weighted by Gasteiger charge is -2.14. The van der Waals surface area contributed by atoms with Crippen LogP contribution < -0.4 is 5.32 Å². The van der Waals surface area contributed by atoms with E-state index in [1.165, 1.54) is 5.56 Å². The van der Waals surface area contributed by atoms with E-state index >= 15 is 0 Å². The lowest BCUT2D eigenvalue weighted by molar-refractivity contribution is 0.102. The molecule has 0 aliphatic heterocycles. The van der Waals surface area contributed by atoms with Crippen LogP contribution in [0, 0.1) is 6.92 Å². The molecule has 0 bridgehead atoms. The Labute approximate surface area is 137 Å². The van der Waals surface area contributed by atoms with Gasteiger partial charge in [-0.2, -0.15) is 0 Å². The van der Waals surface area contributed by atoms with Crippen LogP contribution in [-0.4, -0.2) is 11.7 Å². The molecule has 0 atom stereocenters. The largest absolute Gasteiger partial charge is 0.321 e. The highest BCUT2D eigenvalue weighted by Crippen LogP contribution is 2.26. The molecule has 2 aromatic carbocycles. The first kappa shape index (κ1) is 16.6. The van der Waals surface area contributed by atoms with Crippen LogP contribution >= 0.6 is 11.8 Å². The number of benzene rings is 2. The second-order valence-corrected chi connectivity index (χ2v) is 6.40. The summed E-state index contributed by atoms with van der Waals surface area (Å²) >= 11 is 1.74. The maximum atomic E-state index is 12.7. The molecule has 1 N–H and O–H groups in total. The lowest BCUT2D eigenvalue weighted by Crippen LogP contribution is -2.15. The minimum atomic E-state index is -0.0248. The number of hydrogen-bond donors (Lipinski definition) is 1. The molecule has 0 saturated heterocycles. The van der Waals surface area contributed by atoms with Gasteiger partial charge in [-0.1, -0.05) is 44.2 Å². The van der Waals surface area contributed by atoms with Crippen molar-refractivity contribution in [3.05, 3.63) is 59.2 Å². The highest BCUT2D eigenvalue weighted by atomic mass is 32.2. The quantitative estimate of drug-likeness (QED) is 0.732. The predicted octanol–water partition coefficient (Wildman–Crippen LogP) is 5.31. The summed E-state index contributed by atoms with van der Waals surface area (Å²) in [7, 11) is 0. The van der Waals surface area contributed by atoms with Gasteiger partial charge in [-0.3, -0.25) is 4.79 Å². The molecule has 0 aliphatic rings. The Morgan fingerprint density at radius 3 is 2.59 bits per heavy atom. The van der Waals surface area contributed by atoms with Crippen molar-refractivity contribution in [1.82, 2.24) is 0 Å². The normalized spacial score (nSPS) is 10.5. The van der Waals surface area contributed by atoms with E-state index in [0.717, 1.165) is 40.3 Å². The van der Waals surface area contributed by atoms with Crippen LogP contribution in [0.1, 0.15) is 41.8 Å². The summed E-state index contributed by atoms with van der Waals surface area (Å²) in [5, 5.41) is 3.11. The van der Waals surface area contributed by atoms with E-state index in [-0.39, 0.29) is 5.91 Å². The van der Waals surface area contributed by atoms with Crippen LogP contribution in [0.15, 0.2) is 47.4 Å². The second kappa shape index (κ2) is 8.04. The number of carbonyl (C=O) groups is 1. The van der Waals surface area contributed by atoms with Gasteiger partial charge in [0.1, 0.15) is 0 Å². The van der Waals surface area contributed by atoms with E-state index in [9.17, 15) is 4.79 Å². The summed E-state index contributed by atoms with van der Waals surface area (Å²) < 4.78 is 0. The van der Waals surface area contributed by atoms with Gasteiger partial charge in [0.2, 0.25) is 0 Å². The number of aryl methyl sites for hydroxylation is 2. The third-order valence-electron chi connectivity index (χ3n) is 3.57. The lowest BCUT2D eigenvalue weighted by atomic mass is 10.1. The highest BCUT2D eigenvalue weighted by Gasteiger charge is 2.14. The minimum Gasteiger partial charge on any atom is -0.321 e. The van der Waals surface area contributed by atoms with E-state index in [0.29, 0.717) is 0 Å². The number of thioether (sulfide) groups is 1. The molecule has 2 aromatic rings. The SMILES string of the molecule is CCCSc1ccccc1C(=O)Nc1c(C)cccc1CC. The molecule has 0 spiro atoms. The van der Waals surface area contributed by atoms with Crippen LogP contribution in [0.25, 0.3) is 0 Å². The van der Waals surface area contributed by atoms with Crippen molar-refractivity contribution in [1.29, 1.82) is 0 Å². The number of rotatable bonds is 6. The maximum absolute atomic E-state index is 12.7. The molecule has 0 fully saturated rings. The van der Waals surface area contributed by atoms with Gasteiger partial charge in [-0.25, -0.2) is 0 Å². The fourth-order valence-electron chi connectivity index (χ4n) is 2.37. The predicted molar refractivity (Wildman–Crippen MR) is 96.0 cm³/mol. The first-order valence-electron chi connectivity index (χ1n) is 7.79. The molecular weight excluding hydrogens is 290 g/mol. The highest BCUT2D eigenvalue weighted by molar-refractivity contribution is 7.99. The van der Waals surface area contributed by atoms with Gasteiger partial charge in [0.25, 0.3) is 5.91 Å². The molecule has 3 heteroatoms. The minimum absolute atomic E-state index is 0.0248. The van der Waals surface area contributed by atoms with Gasteiger partial charge in [0.15, 0.2) is 0 Å². The zero-order chi connectivity index (χ0) is 15.9. The number of para-hydroxylation sites is 1. The zero-order valence-corrected chi connectivity index (χ0v) is 14.3. The van der Waals surface area contributed by atoms with E-state index in [2.05, 4.69) is 25.2 Å². The Balaban J connectivity index is 2.27. The molecule has 0 saturated carbocycles. The van der Waals surface area contributed by atoms with Crippen molar-refractivity contribution in [2.45, 2.75) is 38.5 Å². The number of hydrogen-bond acceptors (Lipinski definition) is 2. The van der Waals surface area contributed by atoms with Crippen LogP contribution in [0.3, 0.4) is 0 Å². The van der Waals surface area contributed by atoms with Crippen molar-refractivity contribution in [3.8, 4) is 0 Å². The topological polar surface area (TPSA) is 29.1 Å². The molecule has 116 valence electrons. The molecular formula is C19H23NOS. The Bertz CT molecular complexity index is 652. The summed E-state index contributed by atoms with van der Waals surface area (Å²) in [6.45, 7) is 6.29. The van der Waals surface area contributed by atoms with Crippen molar-refractivity contribution >= 4 is 23.4 Å². The third kappa shape index (κ3) is 3.92. The molecule has 2 rings (SSSR count). The number of carbonyl (C=O) groups excluding carboxylic acids is 1. The standard InChI is InChI=1S/C19H23NOS/c1-4-13-22-17-12-7-6-11-16(17)19(21)20-18-14(3)9-8-10-15(18)5-2/h6-12H,4-5,13H2,1-3H3,(H,20,21). The third-order valence-corrected chi connectivity index (χ3v) is 4.85. The number of nitrogens with one attached hydrogen (secondary N) is 1. The van der Waals surface area contributed by atoms with E-state index < -0.39 is 0 Å². The van der Waals surface area contributed by atoms with Crippen LogP contribution in [-0.2, 0) is 6.42 Å². The summed E-state index contributed by atoms with van der Waals surface area (Å²) in [5.74, 6) is 0.998. The molecule has 0 aliphatic carbocycles. The Kier molecular flexibility index (Phi) is 6.08. The zero-order valence-electron chi connectivity index (χ0n) is 13.5. The molecule has 0 aromatic heterocycles. The summed E-state index contributed by atoms with van der Waals surface area (Å²) in [6, 6.07) is 14.0. The van der Waals surface area contributed by atoms with Gasteiger partial charge in [-0.05, 0) is 48.8 Å². The second-order valence-electron chi connectivity index (χ2n) is 5.26. The van der Waals surface area contributed by atoms with Crippen LogP contribution in [0.4, 0.5) is 5.69 Å². The van der Waals surface area contributed by atoms with E-state index in [1.807, 2.05) is 43.3 Å². The monoisotopic (exact) mass is 313 g/mol. The first-order chi connectivity index (χ1) is 10.7. The fourth-order valence-corrected chi connectivity index (χ4v) is 3.29. The van der Waals surface area contributed by atoms with Gasteiger partial charge < -0.3 is 5.32 Å². The summed E-state index contributed by atoms with van der Waals surface area (Å²) in [6.07, 6.45) is 2.00. The van der Waals surface area contributed by atoms with Crippen LogP contribution in [0.2, 0.25) is 0 Å². The maximum Gasteiger partial charge on any atom is 0.256 e. The van der Waals surface area contributed by atoms with Crippen molar-refractivity contribution in [2.75, 3.05) is 11.1 Å². The van der Waals surface area contributed by atoms with Crippen molar-refractivity contribution < 1.29 is 4.79 Å². The average Bonchev–Trinajstić information content (AvgIpc) is 2.55. The molecule has 1 amide bonds. The molecule has 0 heterocycles. The molecule has 2 nitrogen and oxygen atoms in total. The van der Waals surface area contributed by atoms with Crippen molar-refractivity contribution in [3.63, 3.8) is 0 Å². The Morgan fingerprint density at radius 2 is 1.86 bits per heavy atom. The van der Waals surface area contributed by atoms with Gasteiger partial charge in [0, 0.05) is 10.6 Å². The number of anilines is 1. The van der Waals surface area contributed by atoms with Gasteiger partial charge in [0.05, 0.1) is 5.56 Å². The van der Waals surface area contributed by atoms with E-state index in [4.69, 9.17) is 0 Å². The van der Waals surface area contributed by atoms with Gasteiger partial charge >= 0.3 is 0 Å². The smallest absolute Gasteiger partial charge is 0.256 e. The first-order valence-corrected chi connectivity index (χ1v) is 8.77. The molecule has 22 heavy (non-hydrogen) atoms. The summed E-state index contributed by atoms with van der Waals surface area (Å²) in [4.78, 5) is 13.7.